The number of aromatic nitrogens is 2. The summed E-state index contributed by atoms with van der Waals surface area (Å²) in [6, 6.07) is 12.8. The number of hydrogen-bond donors (Lipinski definition) is 0. The molecule has 0 spiro atoms. The quantitative estimate of drug-likeness (QED) is 0.187. The first-order valence-corrected chi connectivity index (χ1v) is 13.3. The van der Waals surface area contributed by atoms with Crippen LogP contribution in [0.15, 0.2) is 69.0 Å². The average Bonchev–Trinajstić information content (AvgIpc) is 2.92. The number of benzene rings is 3. The molecule has 0 fully saturated rings. The molecule has 0 aliphatic carbocycles. The molecular formula is C28H24BrClF3N3O3. The van der Waals surface area contributed by atoms with Gasteiger partial charge in [-0.15, -0.1) is 0 Å². The van der Waals surface area contributed by atoms with Gasteiger partial charge in [-0.25, -0.2) is 4.98 Å². The van der Waals surface area contributed by atoms with Gasteiger partial charge in [-0.2, -0.15) is 22.9 Å². The van der Waals surface area contributed by atoms with Crippen LogP contribution in [0.3, 0.4) is 0 Å². The Morgan fingerprint density at radius 1 is 1.15 bits per heavy atom. The number of hydrogen-bond acceptors (Lipinski definition) is 5. The van der Waals surface area contributed by atoms with Gasteiger partial charge in [-0.1, -0.05) is 42.8 Å². The highest BCUT2D eigenvalue weighted by atomic mass is 79.9. The summed E-state index contributed by atoms with van der Waals surface area (Å²) in [5, 5.41) is 4.87. The van der Waals surface area contributed by atoms with Crippen molar-refractivity contribution in [1.29, 1.82) is 0 Å². The zero-order valence-corrected chi connectivity index (χ0v) is 23.6. The van der Waals surface area contributed by atoms with Crippen molar-refractivity contribution < 1.29 is 22.6 Å². The van der Waals surface area contributed by atoms with E-state index in [-0.39, 0.29) is 27.9 Å². The molecule has 0 aliphatic rings. The Kier molecular flexibility index (Phi) is 8.66. The first-order chi connectivity index (χ1) is 18.5. The van der Waals surface area contributed by atoms with Gasteiger partial charge in [0.1, 0.15) is 5.02 Å². The number of para-hydroxylation sites is 1. The topological polar surface area (TPSA) is 65.7 Å². The number of rotatable bonds is 8. The van der Waals surface area contributed by atoms with Crippen LogP contribution >= 0.6 is 27.5 Å². The van der Waals surface area contributed by atoms with Gasteiger partial charge in [0, 0.05) is 15.6 Å². The highest BCUT2D eigenvalue weighted by Gasteiger charge is 2.31. The van der Waals surface area contributed by atoms with Gasteiger partial charge in [-0.05, 0) is 66.5 Å². The maximum atomic E-state index is 13.5. The van der Waals surface area contributed by atoms with E-state index < -0.39 is 17.3 Å². The fraction of sp³-hybridized carbons (Fsp3) is 0.250. The van der Waals surface area contributed by atoms with Gasteiger partial charge < -0.3 is 9.47 Å². The van der Waals surface area contributed by atoms with Crippen molar-refractivity contribution in [2.24, 2.45) is 5.10 Å². The maximum Gasteiger partial charge on any atom is 0.416 e. The summed E-state index contributed by atoms with van der Waals surface area (Å²) in [6.45, 7) is 6.05. The SMILES string of the molecule is CCOc1cc(C=Nn2c(-c3cccc(C(F)(F)F)c3)nc3ccccc3c2=O)c(Br)c(Cl)c1O[C@@H](C)CC. The number of fused-ring (bicyclic) bond motifs is 1. The molecule has 0 aliphatic heterocycles. The van der Waals surface area contributed by atoms with Gasteiger partial charge in [0.25, 0.3) is 5.56 Å². The molecule has 11 heteroatoms. The lowest BCUT2D eigenvalue weighted by molar-refractivity contribution is -0.137. The molecule has 1 atom stereocenters. The molecule has 0 N–H and O–H groups in total. The minimum atomic E-state index is -4.57. The Labute approximate surface area is 236 Å². The summed E-state index contributed by atoms with van der Waals surface area (Å²) >= 11 is 10.1. The minimum Gasteiger partial charge on any atom is -0.490 e. The van der Waals surface area contributed by atoms with E-state index in [0.717, 1.165) is 23.2 Å². The summed E-state index contributed by atoms with van der Waals surface area (Å²) in [7, 11) is 0. The average molecular weight is 623 g/mol. The molecular weight excluding hydrogens is 599 g/mol. The van der Waals surface area contributed by atoms with E-state index >= 15 is 0 Å². The smallest absolute Gasteiger partial charge is 0.416 e. The van der Waals surface area contributed by atoms with Gasteiger partial charge in [0.15, 0.2) is 17.3 Å². The van der Waals surface area contributed by atoms with Crippen LogP contribution < -0.4 is 15.0 Å². The first kappa shape index (κ1) is 28.6. The van der Waals surface area contributed by atoms with Crippen LogP contribution in [0.25, 0.3) is 22.3 Å². The number of nitrogens with zero attached hydrogens (tertiary/aromatic N) is 3. The lowest BCUT2D eigenvalue weighted by Gasteiger charge is -2.19. The van der Waals surface area contributed by atoms with Crippen LogP contribution in [0, 0.1) is 0 Å². The van der Waals surface area contributed by atoms with Crippen molar-refractivity contribution in [3.8, 4) is 22.9 Å². The second kappa shape index (κ2) is 11.8. The molecule has 4 rings (SSSR count). The first-order valence-electron chi connectivity index (χ1n) is 12.1. The zero-order chi connectivity index (χ0) is 28.3. The molecule has 0 radical (unpaired) electrons. The van der Waals surface area contributed by atoms with Gasteiger partial charge >= 0.3 is 6.18 Å². The molecule has 4 aromatic rings. The van der Waals surface area contributed by atoms with Crippen LogP contribution in [0.2, 0.25) is 5.02 Å². The van der Waals surface area contributed by atoms with Gasteiger partial charge in [-0.3, -0.25) is 4.79 Å². The van der Waals surface area contributed by atoms with Crippen LogP contribution in [0.4, 0.5) is 13.2 Å². The van der Waals surface area contributed by atoms with E-state index in [0.29, 0.717) is 33.7 Å². The Balaban J connectivity index is 1.90. The van der Waals surface area contributed by atoms with Crippen molar-refractivity contribution in [3.63, 3.8) is 0 Å². The highest BCUT2D eigenvalue weighted by Crippen LogP contribution is 2.43. The Hall–Kier alpha value is -3.37. The van der Waals surface area contributed by atoms with E-state index in [1.165, 1.54) is 18.3 Å². The molecule has 204 valence electrons. The molecule has 0 saturated carbocycles. The lowest BCUT2D eigenvalue weighted by Crippen LogP contribution is -2.20. The summed E-state index contributed by atoms with van der Waals surface area (Å²) in [5.74, 6) is 0.700. The number of ether oxygens (including phenoxy) is 2. The second-order valence-corrected chi connectivity index (χ2v) is 9.75. The van der Waals surface area contributed by atoms with Crippen molar-refractivity contribution in [1.82, 2.24) is 9.66 Å². The molecule has 1 aromatic heterocycles. The third-order valence-electron chi connectivity index (χ3n) is 5.86. The Morgan fingerprint density at radius 2 is 1.90 bits per heavy atom. The Bertz CT molecular complexity index is 1610. The van der Waals surface area contributed by atoms with Crippen molar-refractivity contribution in [3.05, 3.63) is 85.6 Å². The highest BCUT2D eigenvalue weighted by molar-refractivity contribution is 9.10. The lowest BCUT2D eigenvalue weighted by atomic mass is 10.1. The normalized spacial score (nSPS) is 12.7. The van der Waals surface area contributed by atoms with Crippen molar-refractivity contribution >= 4 is 44.6 Å². The van der Waals surface area contributed by atoms with E-state index in [1.807, 2.05) is 20.8 Å². The summed E-state index contributed by atoms with van der Waals surface area (Å²) in [5.41, 5.74) is -0.557. The van der Waals surface area contributed by atoms with E-state index in [4.69, 9.17) is 21.1 Å². The summed E-state index contributed by atoms with van der Waals surface area (Å²) < 4.78 is 53.5. The second-order valence-electron chi connectivity index (χ2n) is 8.58. The molecule has 3 aromatic carbocycles. The monoisotopic (exact) mass is 621 g/mol. The standard InChI is InChI=1S/C28H24BrClF3N3O3/c1-4-16(3)39-25-22(38-5-2)14-18(23(29)24(25)30)15-34-36-26(17-9-8-10-19(13-17)28(31,32)33)35-21-12-7-6-11-20(21)27(36)37/h6-16H,4-5H2,1-3H3/t16-/m0/s1. The van der Waals surface area contributed by atoms with E-state index in [9.17, 15) is 18.0 Å². The van der Waals surface area contributed by atoms with Crippen LogP contribution in [0.5, 0.6) is 11.5 Å². The number of halogens is 5. The number of alkyl halides is 3. The zero-order valence-electron chi connectivity index (χ0n) is 21.2. The minimum absolute atomic E-state index is 0.0509. The molecule has 0 bridgehead atoms. The van der Waals surface area contributed by atoms with Crippen molar-refractivity contribution in [2.75, 3.05) is 6.61 Å². The molecule has 0 unspecified atom stereocenters. The van der Waals surface area contributed by atoms with E-state index in [1.54, 1.807) is 30.3 Å². The fourth-order valence-corrected chi connectivity index (χ4v) is 4.37. The van der Waals surface area contributed by atoms with Gasteiger partial charge in [0.2, 0.25) is 0 Å². The fourth-order valence-electron chi connectivity index (χ4n) is 3.73. The van der Waals surface area contributed by atoms with Gasteiger partial charge in [0.05, 0.1) is 35.4 Å². The van der Waals surface area contributed by atoms with E-state index in [2.05, 4.69) is 26.0 Å². The largest absolute Gasteiger partial charge is 0.490 e. The maximum absolute atomic E-state index is 13.5. The van der Waals surface area contributed by atoms with Crippen molar-refractivity contribution in [2.45, 2.75) is 39.5 Å². The predicted molar refractivity (Wildman–Crippen MR) is 150 cm³/mol. The summed E-state index contributed by atoms with van der Waals surface area (Å²) in [4.78, 5) is 17.9. The predicted octanol–water partition coefficient (Wildman–Crippen LogP) is 7.96. The van der Waals surface area contributed by atoms with Crippen LogP contribution in [-0.4, -0.2) is 28.6 Å². The molecule has 39 heavy (non-hydrogen) atoms. The molecule has 0 saturated heterocycles. The molecule has 0 amide bonds. The Morgan fingerprint density at radius 3 is 2.59 bits per heavy atom. The van der Waals surface area contributed by atoms with Crippen LogP contribution in [0.1, 0.15) is 38.3 Å². The summed E-state index contributed by atoms with van der Waals surface area (Å²) in [6.07, 6.45) is -2.58. The third kappa shape index (κ3) is 6.12. The van der Waals surface area contributed by atoms with Crippen LogP contribution in [-0.2, 0) is 6.18 Å². The third-order valence-corrected chi connectivity index (χ3v) is 7.31. The molecule has 6 nitrogen and oxygen atoms in total. The molecule has 1 heterocycles.